The zero-order valence-corrected chi connectivity index (χ0v) is 11.2. The molecule has 1 fully saturated rings. The maximum Gasteiger partial charge on any atom is 0.223 e. The number of carbonyl (C=O) groups excluding carboxylic acids is 1. The molecule has 0 aromatic heterocycles. The van der Waals surface area contributed by atoms with E-state index in [1.54, 1.807) is 0 Å². The Morgan fingerprint density at radius 2 is 2.00 bits per heavy atom. The van der Waals surface area contributed by atoms with Gasteiger partial charge in [0, 0.05) is 19.0 Å². The maximum atomic E-state index is 11.5. The summed E-state index contributed by atoms with van der Waals surface area (Å²) in [4.78, 5) is 13.8. The van der Waals surface area contributed by atoms with E-state index in [2.05, 4.69) is 24.1 Å². The van der Waals surface area contributed by atoms with Crippen LogP contribution in [0.15, 0.2) is 0 Å². The van der Waals surface area contributed by atoms with Crippen molar-refractivity contribution in [3.8, 4) is 0 Å². The number of nitrogens with one attached hydrogen (secondary N) is 1. The van der Waals surface area contributed by atoms with Crippen LogP contribution in [0.4, 0.5) is 0 Å². The predicted molar refractivity (Wildman–Crippen MR) is 69.0 cm³/mol. The molecular formula is C13H26N2O2. The van der Waals surface area contributed by atoms with Crippen LogP contribution in [0.2, 0.25) is 0 Å². The van der Waals surface area contributed by atoms with Crippen LogP contribution in [0.25, 0.3) is 0 Å². The number of hydrogen-bond donors (Lipinski definition) is 1. The Kier molecular flexibility index (Phi) is 7.21. The van der Waals surface area contributed by atoms with Crippen LogP contribution < -0.4 is 5.32 Å². The second-order valence-electron chi connectivity index (χ2n) is 4.56. The molecule has 0 aromatic rings. The number of hydrogen-bond acceptors (Lipinski definition) is 3. The van der Waals surface area contributed by atoms with Crippen LogP contribution >= 0.6 is 0 Å². The molecule has 4 nitrogen and oxygen atoms in total. The molecule has 0 unspecified atom stereocenters. The number of carbonyl (C=O) groups is 1. The zero-order chi connectivity index (χ0) is 12.5. The Morgan fingerprint density at radius 1 is 1.29 bits per heavy atom. The minimum Gasteiger partial charge on any atom is -0.378 e. The Labute approximate surface area is 105 Å². The fourth-order valence-corrected chi connectivity index (χ4v) is 1.90. The van der Waals surface area contributed by atoms with Crippen LogP contribution in [0.1, 0.15) is 33.1 Å². The topological polar surface area (TPSA) is 41.6 Å². The van der Waals surface area contributed by atoms with Crippen molar-refractivity contribution in [2.24, 2.45) is 5.92 Å². The Bertz CT molecular complexity index is 213. The Balaban J connectivity index is 1.88. The lowest BCUT2D eigenvalue weighted by atomic mass is 9.85. The molecule has 17 heavy (non-hydrogen) atoms. The van der Waals surface area contributed by atoms with E-state index in [0.29, 0.717) is 13.2 Å². The van der Waals surface area contributed by atoms with Crippen LogP contribution in [-0.2, 0) is 9.53 Å². The first-order chi connectivity index (χ1) is 8.27. The third kappa shape index (κ3) is 5.50. The van der Waals surface area contributed by atoms with Gasteiger partial charge in [0.15, 0.2) is 0 Å². The second kappa shape index (κ2) is 8.48. The molecule has 1 aliphatic rings. The summed E-state index contributed by atoms with van der Waals surface area (Å²) < 4.78 is 5.49. The number of nitrogens with zero attached hydrogens (tertiary/aromatic N) is 1. The van der Waals surface area contributed by atoms with E-state index in [0.717, 1.165) is 39.1 Å². The summed E-state index contributed by atoms with van der Waals surface area (Å²) in [5.41, 5.74) is 0. The fourth-order valence-electron chi connectivity index (χ4n) is 1.90. The molecule has 0 bridgehead atoms. The van der Waals surface area contributed by atoms with Gasteiger partial charge in [-0.1, -0.05) is 20.3 Å². The normalized spacial score (nSPS) is 15.9. The van der Waals surface area contributed by atoms with E-state index < -0.39 is 0 Å². The maximum absolute atomic E-state index is 11.5. The van der Waals surface area contributed by atoms with Crippen molar-refractivity contribution < 1.29 is 9.53 Å². The molecule has 1 amide bonds. The first kappa shape index (κ1) is 14.5. The Hall–Kier alpha value is -0.610. The summed E-state index contributed by atoms with van der Waals surface area (Å²) in [5.74, 6) is 0.495. The van der Waals surface area contributed by atoms with Gasteiger partial charge in [-0.3, -0.25) is 4.79 Å². The third-order valence-electron chi connectivity index (χ3n) is 3.47. The van der Waals surface area contributed by atoms with Gasteiger partial charge in [0.1, 0.15) is 0 Å². The highest BCUT2D eigenvalue weighted by Gasteiger charge is 2.24. The van der Waals surface area contributed by atoms with Gasteiger partial charge >= 0.3 is 0 Å². The van der Waals surface area contributed by atoms with Gasteiger partial charge in [-0.2, -0.15) is 0 Å². The standard InChI is InChI=1S/C13H26N2O2/c1-3-15(4-2)9-11-17-10-8-14-13(16)12-6-5-7-12/h12H,3-11H2,1-2H3,(H,14,16). The molecule has 0 aromatic carbocycles. The summed E-state index contributed by atoms with van der Waals surface area (Å²) in [5, 5.41) is 2.92. The summed E-state index contributed by atoms with van der Waals surface area (Å²) >= 11 is 0. The molecule has 1 N–H and O–H groups in total. The van der Waals surface area contributed by atoms with Crippen molar-refractivity contribution in [1.29, 1.82) is 0 Å². The van der Waals surface area contributed by atoms with Gasteiger partial charge in [0.25, 0.3) is 0 Å². The number of ether oxygens (including phenoxy) is 1. The molecule has 0 saturated heterocycles. The summed E-state index contributed by atoms with van der Waals surface area (Å²) in [6.45, 7) is 9.44. The van der Waals surface area contributed by atoms with Crippen molar-refractivity contribution in [2.75, 3.05) is 39.4 Å². The molecule has 4 heteroatoms. The smallest absolute Gasteiger partial charge is 0.223 e. The monoisotopic (exact) mass is 242 g/mol. The quantitative estimate of drug-likeness (QED) is 0.619. The van der Waals surface area contributed by atoms with Gasteiger partial charge in [-0.05, 0) is 25.9 Å². The molecule has 1 rings (SSSR count). The van der Waals surface area contributed by atoms with Crippen LogP contribution in [-0.4, -0.2) is 50.2 Å². The molecule has 0 atom stereocenters. The van der Waals surface area contributed by atoms with E-state index in [1.165, 1.54) is 6.42 Å². The van der Waals surface area contributed by atoms with E-state index >= 15 is 0 Å². The van der Waals surface area contributed by atoms with Crippen LogP contribution in [0.5, 0.6) is 0 Å². The van der Waals surface area contributed by atoms with Crippen molar-refractivity contribution in [2.45, 2.75) is 33.1 Å². The highest BCUT2D eigenvalue weighted by atomic mass is 16.5. The molecule has 100 valence electrons. The SMILES string of the molecule is CCN(CC)CCOCCNC(=O)C1CCC1. The van der Waals surface area contributed by atoms with Crippen LogP contribution in [0.3, 0.4) is 0 Å². The highest BCUT2D eigenvalue weighted by molar-refractivity contribution is 5.79. The molecule has 0 heterocycles. The molecule has 1 saturated carbocycles. The average Bonchev–Trinajstić information content (AvgIpc) is 2.26. The van der Waals surface area contributed by atoms with Crippen LogP contribution in [0, 0.1) is 5.92 Å². The van der Waals surface area contributed by atoms with Gasteiger partial charge in [-0.15, -0.1) is 0 Å². The lowest BCUT2D eigenvalue weighted by Crippen LogP contribution is -2.36. The number of rotatable bonds is 9. The van der Waals surface area contributed by atoms with Gasteiger partial charge in [0.2, 0.25) is 5.91 Å². The van der Waals surface area contributed by atoms with E-state index in [1.807, 2.05) is 0 Å². The zero-order valence-electron chi connectivity index (χ0n) is 11.2. The molecule has 1 aliphatic carbocycles. The molecule has 0 radical (unpaired) electrons. The lowest BCUT2D eigenvalue weighted by Gasteiger charge is -2.24. The van der Waals surface area contributed by atoms with Gasteiger partial charge < -0.3 is 15.0 Å². The second-order valence-corrected chi connectivity index (χ2v) is 4.56. The van der Waals surface area contributed by atoms with E-state index in [-0.39, 0.29) is 11.8 Å². The third-order valence-corrected chi connectivity index (χ3v) is 3.47. The minimum absolute atomic E-state index is 0.212. The van der Waals surface area contributed by atoms with E-state index in [4.69, 9.17) is 4.74 Å². The van der Waals surface area contributed by atoms with Crippen molar-refractivity contribution in [3.05, 3.63) is 0 Å². The minimum atomic E-state index is 0.212. The lowest BCUT2D eigenvalue weighted by molar-refractivity contribution is -0.127. The predicted octanol–water partition coefficient (Wildman–Crippen LogP) is 1.26. The largest absolute Gasteiger partial charge is 0.378 e. The van der Waals surface area contributed by atoms with E-state index in [9.17, 15) is 4.79 Å². The first-order valence-corrected chi connectivity index (χ1v) is 6.85. The Morgan fingerprint density at radius 3 is 2.53 bits per heavy atom. The van der Waals surface area contributed by atoms with Gasteiger partial charge in [0.05, 0.1) is 13.2 Å². The molecule has 0 spiro atoms. The summed E-state index contributed by atoms with van der Waals surface area (Å²) in [6.07, 6.45) is 3.34. The highest BCUT2D eigenvalue weighted by Crippen LogP contribution is 2.25. The molecule has 0 aliphatic heterocycles. The van der Waals surface area contributed by atoms with Crippen molar-refractivity contribution in [1.82, 2.24) is 10.2 Å². The summed E-state index contributed by atoms with van der Waals surface area (Å²) in [7, 11) is 0. The summed E-state index contributed by atoms with van der Waals surface area (Å²) in [6, 6.07) is 0. The first-order valence-electron chi connectivity index (χ1n) is 6.85. The van der Waals surface area contributed by atoms with Gasteiger partial charge in [-0.25, -0.2) is 0 Å². The number of amides is 1. The fraction of sp³-hybridized carbons (Fsp3) is 0.923. The van der Waals surface area contributed by atoms with Crippen molar-refractivity contribution >= 4 is 5.91 Å². The van der Waals surface area contributed by atoms with Crippen molar-refractivity contribution in [3.63, 3.8) is 0 Å². The molecular weight excluding hydrogens is 216 g/mol. The number of likely N-dealkylation sites (N-methyl/N-ethyl adjacent to an activating group) is 1. The average molecular weight is 242 g/mol.